The van der Waals surface area contributed by atoms with E-state index in [1.165, 1.54) is 0 Å². The van der Waals surface area contributed by atoms with Crippen molar-refractivity contribution in [1.82, 2.24) is 20.1 Å². The van der Waals surface area contributed by atoms with Crippen LogP contribution in [-0.2, 0) is 11.3 Å². The summed E-state index contributed by atoms with van der Waals surface area (Å²) in [6.07, 6.45) is 6.34. The van der Waals surface area contributed by atoms with Crippen molar-refractivity contribution in [2.75, 3.05) is 26.7 Å². The van der Waals surface area contributed by atoms with E-state index < -0.39 is 5.54 Å². The third kappa shape index (κ3) is 4.39. The molecule has 136 valence electrons. The van der Waals surface area contributed by atoms with Gasteiger partial charge in [-0.05, 0) is 46.1 Å². The number of aromatic nitrogens is 1. The van der Waals surface area contributed by atoms with Crippen LogP contribution in [0.15, 0.2) is 10.6 Å². The second-order valence-electron chi connectivity index (χ2n) is 7.41. The van der Waals surface area contributed by atoms with Gasteiger partial charge in [0.05, 0.1) is 25.4 Å². The van der Waals surface area contributed by atoms with Gasteiger partial charge < -0.3 is 9.73 Å². The van der Waals surface area contributed by atoms with Crippen molar-refractivity contribution in [2.24, 2.45) is 0 Å². The van der Waals surface area contributed by atoms with E-state index in [2.05, 4.69) is 33.2 Å². The first-order valence-electron chi connectivity index (χ1n) is 9.06. The Hall–Kier alpha value is -1.91. The van der Waals surface area contributed by atoms with E-state index >= 15 is 0 Å². The van der Waals surface area contributed by atoms with Crippen molar-refractivity contribution in [3.05, 3.63) is 17.8 Å². The van der Waals surface area contributed by atoms with Gasteiger partial charge in [-0.25, -0.2) is 4.98 Å². The molecule has 1 saturated heterocycles. The Kier molecular flexibility index (Phi) is 5.40. The maximum atomic E-state index is 12.3. The van der Waals surface area contributed by atoms with Crippen LogP contribution in [0.5, 0.6) is 0 Å². The second kappa shape index (κ2) is 7.54. The number of nitrogens with zero attached hydrogens (tertiary/aromatic N) is 4. The number of rotatable bonds is 6. The van der Waals surface area contributed by atoms with Gasteiger partial charge in [0, 0.05) is 19.1 Å². The van der Waals surface area contributed by atoms with Crippen LogP contribution in [0.3, 0.4) is 0 Å². The Morgan fingerprint density at radius 2 is 2.32 bits per heavy atom. The molecule has 1 aromatic heterocycles. The van der Waals surface area contributed by atoms with Crippen molar-refractivity contribution >= 4 is 5.91 Å². The lowest BCUT2D eigenvalue weighted by Gasteiger charge is -2.25. The number of oxazole rings is 1. The molecular weight excluding hydrogens is 318 g/mol. The minimum Gasteiger partial charge on any atom is -0.445 e. The molecule has 1 aliphatic heterocycles. The van der Waals surface area contributed by atoms with Crippen LogP contribution < -0.4 is 5.32 Å². The van der Waals surface area contributed by atoms with Crippen LogP contribution in [0.2, 0.25) is 0 Å². The smallest absolute Gasteiger partial charge is 0.235 e. The Morgan fingerprint density at radius 1 is 1.56 bits per heavy atom. The van der Waals surface area contributed by atoms with Gasteiger partial charge in [0.1, 0.15) is 11.3 Å². The predicted molar refractivity (Wildman–Crippen MR) is 92.5 cm³/mol. The molecule has 1 atom stereocenters. The van der Waals surface area contributed by atoms with E-state index in [-0.39, 0.29) is 5.91 Å². The molecule has 25 heavy (non-hydrogen) atoms. The van der Waals surface area contributed by atoms with Gasteiger partial charge in [0.15, 0.2) is 0 Å². The molecule has 2 aliphatic rings. The van der Waals surface area contributed by atoms with Crippen molar-refractivity contribution in [2.45, 2.75) is 57.2 Å². The van der Waals surface area contributed by atoms with Crippen LogP contribution in [0, 0.1) is 18.3 Å². The molecular formula is C18H27N5O2. The van der Waals surface area contributed by atoms with Gasteiger partial charge >= 0.3 is 0 Å². The molecule has 1 saturated carbocycles. The number of likely N-dealkylation sites (tertiary alicyclic amines) is 1. The zero-order chi connectivity index (χ0) is 17.9. The van der Waals surface area contributed by atoms with Crippen molar-refractivity contribution in [1.29, 1.82) is 5.26 Å². The highest BCUT2D eigenvalue weighted by molar-refractivity contribution is 5.79. The maximum absolute atomic E-state index is 12.3. The molecule has 1 amide bonds. The molecule has 3 rings (SSSR count). The number of amides is 1. The summed E-state index contributed by atoms with van der Waals surface area (Å²) in [4.78, 5) is 21.0. The predicted octanol–water partition coefficient (Wildman–Crippen LogP) is 1.44. The molecule has 0 spiro atoms. The second-order valence-corrected chi connectivity index (χ2v) is 7.41. The highest BCUT2D eigenvalue weighted by Crippen LogP contribution is 2.28. The highest BCUT2D eigenvalue weighted by Gasteiger charge is 2.36. The Morgan fingerprint density at radius 3 is 2.96 bits per heavy atom. The first-order chi connectivity index (χ1) is 12.0. The summed E-state index contributed by atoms with van der Waals surface area (Å²) in [6.45, 7) is 4.68. The Balaban J connectivity index is 1.46. The minimum absolute atomic E-state index is 0.0323. The lowest BCUT2D eigenvalue weighted by molar-refractivity contribution is -0.123. The molecule has 0 bridgehead atoms. The monoisotopic (exact) mass is 345 g/mol. The van der Waals surface area contributed by atoms with E-state index in [4.69, 9.17) is 4.42 Å². The molecule has 0 aromatic carbocycles. The van der Waals surface area contributed by atoms with Crippen LogP contribution >= 0.6 is 0 Å². The first-order valence-corrected chi connectivity index (χ1v) is 9.06. The SMILES string of the molecule is Cc1cnc(CN(C)C2CCN(CC(=O)NC3(C#N)CCCC3)C2)o1. The molecule has 7 heteroatoms. The van der Waals surface area contributed by atoms with Crippen LogP contribution in [0.1, 0.15) is 43.8 Å². The summed E-state index contributed by atoms with van der Waals surface area (Å²) in [6, 6.07) is 2.70. The van der Waals surface area contributed by atoms with Gasteiger partial charge in [-0.1, -0.05) is 0 Å². The van der Waals surface area contributed by atoms with Crippen LogP contribution in [0.4, 0.5) is 0 Å². The zero-order valence-corrected chi connectivity index (χ0v) is 15.1. The number of hydrogen-bond acceptors (Lipinski definition) is 6. The Bertz CT molecular complexity index is 644. The average molecular weight is 345 g/mol. The number of likely N-dealkylation sites (N-methyl/N-ethyl adjacent to an activating group) is 1. The normalized spacial score (nSPS) is 23.0. The Labute approximate surface area is 149 Å². The average Bonchev–Trinajstić information content (AvgIpc) is 3.30. The first kappa shape index (κ1) is 17.9. The topological polar surface area (TPSA) is 85.4 Å². The molecule has 2 heterocycles. The van der Waals surface area contributed by atoms with Gasteiger partial charge in [0.2, 0.25) is 11.8 Å². The number of nitriles is 1. The minimum atomic E-state index is -0.629. The van der Waals surface area contributed by atoms with E-state index in [1.54, 1.807) is 6.20 Å². The fraction of sp³-hybridized carbons (Fsp3) is 0.722. The standard InChI is InChI=1S/C18H27N5O2/c1-14-9-20-17(25-14)12-22(2)15-5-8-23(10-15)11-16(24)21-18(13-19)6-3-4-7-18/h9,15H,3-8,10-12H2,1-2H3,(H,21,24). The quantitative estimate of drug-likeness (QED) is 0.840. The zero-order valence-electron chi connectivity index (χ0n) is 15.1. The number of carbonyl (C=O) groups is 1. The molecule has 1 aliphatic carbocycles. The fourth-order valence-electron chi connectivity index (χ4n) is 3.89. The summed E-state index contributed by atoms with van der Waals surface area (Å²) < 4.78 is 5.54. The summed E-state index contributed by atoms with van der Waals surface area (Å²) >= 11 is 0. The number of nitrogens with one attached hydrogen (secondary N) is 1. The van der Waals surface area contributed by atoms with Crippen molar-refractivity contribution < 1.29 is 9.21 Å². The van der Waals surface area contributed by atoms with Crippen molar-refractivity contribution in [3.8, 4) is 6.07 Å². The third-order valence-electron chi connectivity index (χ3n) is 5.34. The summed E-state index contributed by atoms with van der Waals surface area (Å²) in [5, 5.41) is 12.4. The summed E-state index contributed by atoms with van der Waals surface area (Å²) in [5.74, 6) is 1.52. The van der Waals surface area contributed by atoms with Gasteiger partial charge in [-0.3, -0.25) is 14.6 Å². The van der Waals surface area contributed by atoms with E-state index in [0.717, 1.165) is 56.8 Å². The molecule has 2 fully saturated rings. The lowest BCUT2D eigenvalue weighted by atomic mass is 10.00. The molecule has 1 N–H and O–H groups in total. The molecule has 1 unspecified atom stereocenters. The largest absolute Gasteiger partial charge is 0.445 e. The summed E-state index contributed by atoms with van der Waals surface area (Å²) in [7, 11) is 2.07. The number of carbonyl (C=O) groups excluding carboxylic acids is 1. The lowest BCUT2D eigenvalue weighted by Crippen LogP contribution is -2.49. The van der Waals surface area contributed by atoms with E-state index in [1.807, 2.05) is 6.92 Å². The van der Waals surface area contributed by atoms with Gasteiger partial charge in [-0.15, -0.1) is 0 Å². The molecule has 1 aromatic rings. The van der Waals surface area contributed by atoms with Crippen LogP contribution in [-0.4, -0.2) is 59.0 Å². The van der Waals surface area contributed by atoms with Gasteiger partial charge in [0.25, 0.3) is 0 Å². The number of hydrogen-bond donors (Lipinski definition) is 1. The molecule has 0 radical (unpaired) electrons. The highest BCUT2D eigenvalue weighted by atomic mass is 16.4. The van der Waals surface area contributed by atoms with Crippen LogP contribution in [0.25, 0.3) is 0 Å². The van der Waals surface area contributed by atoms with Crippen molar-refractivity contribution in [3.63, 3.8) is 0 Å². The fourth-order valence-corrected chi connectivity index (χ4v) is 3.89. The summed E-state index contributed by atoms with van der Waals surface area (Å²) in [5.41, 5.74) is -0.629. The maximum Gasteiger partial charge on any atom is 0.235 e. The van der Waals surface area contributed by atoms with E-state index in [0.29, 0.717) is 19.1 Å². The van der Waals surface area contributed by atoms with E-state index in [9.17, 15) is 10.1 Å². The number of aryl methyl sites for hydroxylation is 1. The molecule has 7 nitrogen and oxygen atoms in total. The van der Waals surface area contributed by atoms with Gasteiger partial charge in [-0.2, -0.15) is 5.26 Å². The third-order valence-corrected chi connectivity index (χ3v) is 5.34.